The van der Waals surface area contributed by atoms with Crippen LogP contribution in [0.4, 0.5) is 0 Å². The number of hydrogen-bond donors (Lipinski definition) is 3. The normalized spacial score (nSPS) is 18.1. The molecule has 0 spiro atoms. The number of aliphatic hydroxyl groups excluding tert-OH is 1. The molecule has 1 saturated heterocycles. The lowest BCUT2D eigenvalue weighted by molar-refractivity contribution is 0.139. The van der Waals surface area contributed by atoms with E-state index in [0.29, 0.717) is 6.54 Å². The van der Waals surface area contributed by atoms with Crippen LogP contribution in [0.5, 0.6) is 0 Å². The number of likely N-dealkylation sites (N-methyl/N-ethyl adjacent to an activating group) is 1. The molecule has 6 heteroatoms. The minimum Gasteiger partial charge on any atom is -0.396 e. The highest BCUT2D eigenvalue weighted by atomic mass is 16.3. The van der Waals surface area contributed by atoms with Crippen LogP contribution in [0, 0.1) is 0 Å². The molecule has 25 heavy (non-hydrogen) atoms. The minimum atomic E-state index is 0.0712. The van der Waals surface area contributed by atoms with E-state index in [1.54, 1.807) is 7.05 Å². The Balaban J connectivity index is 1.68. The second kappa shape index (κ2) is 11.1. The lowest BCUT2D eigenvalue weighted by atomic mass is 10.0. The van der Waals surface area contributed by atoms with Gasteiger partial charge in [0.15, 0.2) is 5.96 Å². The van der Waals surface area contributed by atoms with Crippen molar-refractivity contribution >= 4 is 5.96 Å². The van der Waals surface area contributed by atoms with Gasteiger partial charge in [-0.3, -0.25) is 9.89 Å². The van der Waals surface area contributed by atoms with Gasteiger partial charge >= 0.3 is 0 Å². The Kier molecular flexibility index (Phi) is 8.72. The molecule has 0 radical (unpaired) electrons. The molecule has 3 N–H and O–H groups in total. The summed E-state index contributed by atoms with van der Waals surface area (Å²) in [5, 5.41) is 16.3. The number of benzene rings is 1. The van der Waals surface area contributed by atoms with E-state index in [1.807, 2.05) is 18.2 Å². The molecule has 1 fully saturated rings. The van der Waals surface area contributed by atoms with Crippen LogP contribution >= 0.6 is 0 Å². The summed E-state index contributed by atoms with van der Waals surface area (Å²) in [6.45, 7) is 10.7. The van der Waals surface area contributed by atoms with Gasteiger partial charge in [0.05, 0.1) is 6.61 Å². The van der Waals surface area contributed by atoms with Crippen LogP contribution in [0.3, 0.4) is 0 Å². The van der Waals surface area contributed by atoms with Crippen LogP contribution in [-0.4, -0.2) is 86.9 Å². The Hall–Kier alpha value is -1.63. The highest BCUT2D eigenvalue weighted by Gasteiger charge is 2.15. The SMILES string of the molecule is CCN1CCN(CCNC(=NC)NCC(CO)c2ccccc2)CC1. The molecule has 1 atom stereocenters. The van der Waals surface area contributed by atoms with E-state index in [4.69, 9.17) is 0 Å². The van der Waals surface area contributed by atoms with Crippen molar-refractivity contribution in [1.82, 2.24) is 20.4 Å². The van der Waals surface area contributed by atoms with Gasteiger partial charge in [-0.2, -0.15) is 0 Å². The zero-order valence-corrected chi connectivity index (χ0v) is 15.6. The molecule has 0 saturated carbocycles. The summed E-state index contributed by atoms with van der Waals surface area (Å²) in [5.41, 5.74) is 1.14. The third kappa shape index (κ3) is 6.65. The van der Waals surface area contributed by atoms with Gasteiger partial charge in [0.2, 0.25) is 0 Å². The second-order valence-corrected chi connectivity index (χ2v) is 6.45. The van der Waals surface area contributed by atoms with Crippen LogP contribution < -0.4 is 10.6 Å². The molecule has 0 amide bonds. The maximum atomic E-state index is 9.64. The molecule has 1 heterocycles. The summed E-state index contributed by atoms with van der Waals surface area (Å²) < 4.78 is 0. The van der Waals surface area contributed by atoms with Crippen molar-refractivity contribution in [3.63, 3.8) is 0 Å². The Labute approximate surface area is 151 Å². The Morgan fingerprint density at radius 2 is 1.80 bits per heavy atom. The van der Waals surface area contributed by atoms with Crippen LogP contribution in [-0.2, 0) is 0 Å². The Morgan fingerprint density at radius 1 is 1.12 bits per heavy atom. The fourth-order valence-electron chi connectivity index (χ4n) is 3.12. The van der Waals surface area contributed by atoms with Crippen molar-refractivity contribution in [2.45, 2.75) is 12.8 Å². The molecule has 2 rings (SSSR count). The summed E-state index contributed by atoms with van der Waals surface area (Å²) in [6, 6.07) is 10.1. The zero-order valence-electron chi connectivity index (χ0n) is 15.6. The molecule has 1 unspecified atom stereocenters. The number of hydrogen-bond acceptors (Lipinski definition) is 4. The van der Waals surface area contributed by atoms with Crippen molar-refractivity contribution in [3.8, 4) is 0 Å². The maximum Gasteiger partial charge on any atom is 0.191 e. The van der Waals surface area contributed by atoms with Gasteiger partial charge in [0, 0.05) is 58.8 Å². The third-order valence-electron chi connectivity index (χ3n) is 4.86. The van der Waals surface area contributed by atoms with E-state index in [0.717, 1.165) is 44.2 Å². The van der Waals surface area contributed by atoms with Crippen molar-refractivity contribution in [1.29, 1.82) is 0 Å². The number of aliphatic hydroxyl groups is 1. The summed E-state index contributed by atoms with van der Waals surface area (Å²) >= 11 is 0. The third-order valence-corrected chi connectivity index (χ3v) is 4.86. The number of nitrogens with one attached hydrogen (secondary N) is 2. The molecular formula is C19H33N5O. The van der Waals surface area contributed by atoms with Gasteiger partial charge in [-0.25, -0.2) is 0 Å². The molecule has 1 aliphatic heterocycles. The number of rotatable bonds is 8. The number of aliphatic imine (C=N–C) groups is 1. The first-order valence-electron chi connectivity index (χ1n) is 9.31. The van der Waals surface area contributed by atoms with Crippen LogP contribution in [0.1, 0.15) is 18.4 Å². The monoisotopic (exact) mass is 347 g/mol. The molecule has 0 bridgehead atoms. The van der Waals surface area contributed by atoms with Crippen molar-refractivity contribution in [2.75, 3.05) is 66.0 Å². The van der Waals surface area contributed by atoms with Crippen LogP contribution in [0.2, 0.25) is 0 Å². The quantitative estimate of drug-likeness (QED) is 0.474. The van der Waals surface area contributed by atoms with Gasteiger partial charge in [-0.15, -0.1) is 0 Å². The van der Waals surface area contributed by atoms with Gasteiger partial charge in [-0.1, -0.05) is 37.3 Å². The molecule has 1 aromatic carbocycles. The first-order valence-corrected chi connectivity index (χ1v) is 9.31. The van der Waals surface area contributed by atoms with Gasteiger partial charge in [0.1, 0.15) is 0 Å². The van der Waals surface area contributed by atoms with E-state index >= 15 is 0 Å². The highest BCUT2D eigenvalue weighted by molar-refractivity contribution is 5.79. The number of guanidine groups is 1. The van der Waals surface area contributed by atoms with Gasteiger partial charge in [0.25, 0.3) is 0 Å². The van der Waals surface area contributed by atoms with Crippen molar-refractivity contribution in [3.05, 3.63) is 35.9 Å². The zero-order chi connectivity index (χ0) is 17.9. The molecule has 1 aliphatic rings. The Morgan fingerprint density at radius 3 is 2.40 bits per heavy atom. The van der Waals surface area contributed by atoms with Crippen LogP contribution in [0.25, 0.3) is 0 Å². The van der Waals surface area contributed by atoms with E-state index in [1.165, 1.54) is 13.1 Å². The summed E-state index contributed by atoms with van der Waals surface area (Å²) in [7, 11) is 1.78. The van der Waals surface area contributed by atoms with E-state index in [2.05, 4.69) is 44.5 Å². The van der Waals surface area contributed by atoms with Crippen LogP contribution in [0.15, 0.2) is 35.3 Å². The highest BCUT2D eigenvalue weighted by Crippen LogP contribution is 2.13. The fourth-order valence-corrected chi connectivity index (χ4v) is 3.12. The van der Waals surface area contributed by atoms with Crippen molar-refractivity contribution < 1.29 is 5.11 Å². The summed E-state index contributed by atoms with van der Waals surface area (Å²) in [5.74, 6) is 0.864. The van der Waals surface area contributed by atoms with E-state index < -0.39 is 0 Å². The van der Waals surface area contributed by atoms with Crippen molar-refractivity contribution in [2.24, 2.45) is 4.99 Å². The lowest BCUT2D eigenvalue weighted by Gasteiger charge is -2.34. The topological polar surface area (TPSA) is 63.1 Å². The lowest BCUT2D eigenvalue weighted by Crippen LogP contribution is -2.49. The average molecular weight is 348 g/mol. The minimum absolute atomic E-state index is 0.0712. The largest absolute Gasteiger partial charge is 0.396 e. The van der Waals surface area contributed by atoms with Gasteiger partial charge < -0.3 is 20.6 Å². The predicted octanol–water partition coefficient (Wildman–Crippen LogP) is 0.565. The number of piperazine rings is 1. The van der Waals surface area contributed by atoms with E-state index in [-0.39, 0.29) is 12.5 Å². The second-order valence-electron chi connectivity index (χ2n) is 6.45. The molecule has 140 valence electrons. The fraction of sp³-hybridized carbons (Fsp3) is 0.632. The Bertz CT molecular complexity index is 500. The molecule has 6 nitrogen and oxygen atoms in total. The van der Waals surface area contributed by atoms with Gasteiger partial charge in [-0.05, 0) is 12.1 Å². The summed E-state index contributed by atoms with van der Waals surface area (Å²) in [4.78, 5) is 9.26. The first kappa shape index (κ1) is 19.7. The van der Waals surface area contributed by atoms with E-state index in [9.17, 15) is 5.11 Å². The standard InChI is InChI=1S/C19H33N5O/c1-3-23-11-13-24(14-12-23)10-9-21-19(20-2)22-15-18(16-25)17-7-5-4-6-8-17/h4-8,18,25H,3,9-16H2,1-2H3,(H2,20,21,22). The predicted molar refractivity (Wildman–Crippen MR) is 104 cm³/mol. The molecule has 0 aliphatic carbocycles. The number of nitrogens with zero attached hydrogens (tertiary/aromatic N) is 3. The maximum absolute atomic E-state index is 9.64. The smallest absolute Gasteiger partial charge is 0.191 e. The first-order chi connectivity index (χ1) is 12.3. The molecule has 0 aromatic heterocycles. The molecule has 1 aromatic rings. The average Bonchev–Trinajstić information content (AvgIpc) is 2.68. The molecular weight excluding hydrogens is 314 g/mol. The summed E-state index contributed by atoms with van der Waals surface area (Å²) in [6.07, 6.45) is 0.